The van der Waals surface area contributed by atoms with Gasteiger partial charge in [-0.05, 0) is 44.7 Å². The van der Waals surface area contributed by atoms with Crippen molar-refractivity contribution in [2.24, 2.45) is 5.92 Å². The first-order valence-corrected chi connectivity index (χ1v) is 7.51. The van der Waals surface area contributed by atoms with Crippen LogP contribution in [0.3, 0.4) is 0 Å². The summed E-state index contributed by atoms with van der Waals surface area (Å²) in [5.41, 5.74) is 1.67. The molecule has 2 aliphatic rings. The summed E-state index contributed by atoms with van der Waals surface area (Å²) in [5, 5.41) is 9.32. The van der Waals surface area contributed by atoms with Gasteiger partial charge < -0.3 is 9.64 Å². The molecule has 0 aliphatic carbocycles. The van der Waals surface area contributed by atoms with E-state index in [9.17, 15) is 5.26 Å². The Labute approximate surface area is 120 Å². The standard InChI is InChI=1S/C16H21N3O/c1-12-6-7-13(10-17)16(18-12)19-8-2-5-15(19)14-4-3-9-20-11-14/h6-7,14-15H,2-5,8-9,11H2,1H3. The number of nitrogens with zero attached hydrogens (tertiary/aromatic N) is 3. The molecule has 4 nitrogen and oxygen atoms in total. The molecule has 2 atom stereocenters. The van der Waals surface area contributed by atoms with Crippen LogP contribution >= 0.6 is 0 Å². The van der Waals surface area contributed by atoms with E-state index in [2.05, 4.69) is 16.0 Å². The highest BCUT2D eigenvalue weighted by molar-refractivity contribution is 5.55. The van der Waals surface area contributed by atoms with Crippen LogP contribution in [-0.2, 0) is 4.74 Å². The molecule has 2 saturated heterocycles. The van der Waals surface area contributed by atoms with Crippen LogP contribution in [0.2, 0.25) is 0 Å². The second-order valence-electron chi connectivity index (χ2n) is 5.82. The van der Waals surface area contributed by atoms with Crippen LogP contribution in [0.25, 0.3) is 0 Å². The number of hydrogen-bond acceptors (Lipinski definition) is 4. The van der Waals surface area contributed by atoms with Crippen LogP contribution in [0.15, 0.2) is 12.1 Å². The third-order valence-electron chi connectivity index (χ3n) is 4.45. The molecule has 0 radical (unpaired) electrons. The lowest BCUT2D eigenvalue weighted by Gasteiger charge is -2.35. The molecule has 0 saturated carbocycles. The number of nitriles is 1. The fourth-order valence-electron chi connectivity index (χ4n) is 3.46. The van der Waals surface area contributed by atoms with E-state index in [1.807, 2.05) is 19.1 Å². The van der Waals surface area contributed by atoms with Crippen LogP contribution in [0.4, 0.5) is 5.82 Å². The number of rotatable bonds is 2. The second-order valence-corrected chi connectivity index (χ2v) is 5.82. The maximum Gasteiger partial charge on any atom is 0.147 e. The van der Waals surface area contributed by atoms with E-state index in [1.54, 1.807) is 0 Å². The summed E-state index contributed by atoms with van der Waals surface area (Å²) in [7, 11) is 0. The van der Waals surface area contributed by atoms with Crippen LogP contribution in [0.5, 0.6) is 0 Å². The minimum Gasteiger partial charge on any atom is -0.381 e. The molecule has 1 aromatic rings. The molecule has 0 amide bonds. The summed E-state index contributed by atoms with van der Waals surface area (Å²) >= 11 is 0. The smallest absolute Gasteiger partial charge is 0.147 e. The van der Waals surface area contributed by atoms with Crippen LogP contribution in [0, 0.1) is 24.2 Å². The Morgan fingerprint density at radius 2 is 2.25 bits per heavy atom. The van der Waals surface area contributed by atoms with E-state index in [4.69, 9.17) is 4.74 Å². The maximum absolute atomic E-state index is 9.32. The monoisotopic (exact) mass is 271 g/mol. The third-order valence-corrected chi connectivity index (χ3v) is 4.45. The summed E-state index contributed by atoms with van der Waals surface area (Å²) in [5.74, 6) is 1.46. The van der Waals surface area contributed by atoms with E-state index >= 15 is 0 Å². The van der Waals surface area contributed by atoms with Gasteiger partial charge >= 0.3 is 0 Å². The number of pyridine rings is 1. The SMILES string of the molecule is Cc1ccc(C#N)c(N2CCCC2C2CCCOC2)n1. The van der Waals surface area contributed by atoms with Gasteiger partial charge in [-0.2, -0.15) is 5.26 Å². The van der Waals surface area contributed by atoms with Gasteiger partial charge in [0, 0.05) is 30.8 Å². The summed E-state index contributed by atoms with van der Waals surface area (Å²) in [6.45, 7) is 4.75. The first kappa shape index (κ1) is 13.4. The number of anilines is 1. The molecule has 20 heavy (non-hydrogen) atoms. The zero-order valence-electron chi connectivity index (χ0n) is 12.0. The average molecular weight is 271 g/mol. The van der Waals surface area contributed by atoms with Crippen LogP contribution < -0.4 is 4.90 Å². The van der Waals surface area contributed by atoms with Gasteiger partial charge in [0.1, 0.15) is 11.9 Å². The van der Waals surface area contributed by atoms with Crippen molar-refractivity contribution in [2.45, 2.75) is 38.6 Å². The van der Waals surface area contributed by atoms with Crippen LogP contribution in [0.1, 0.15) is 36.9 Å². The highest BCUT2D eigenvalue weighted by atomic mass is 16.5. The van der Waals surface area contributed by atoms with Crippen molar-refractivity contribution >= 4 is 5.82 Å². The van der Waals surface area contributed by atoms with Crippen molar-refractivity contribution < 1.29 is 4.74 Å². The lowest BCUT2D eigenvalue weighted by molar-refractivity contribution is 0.0454. The molecule has 0 N–H and O–H groups in total. The van der Waals surface area contributed by atoms with E-state index in [1.165, 1.54) is 19.3 Å². The number of aryl methyl sites for hydroxylation is 1. The molecule has 0 aromatic carbocycles. The number of hydrogen-bond donors (Lipinski definition) is 0. The molecular formula is C16H21N3O. The molecule has 2 unspecified atom stereocenters. The summed E-state index contributed by atoms with van der Waals surface area (Å²) in [6, 6.07) is 6.58. The van der Waals surface area contributed by atoms with Gasteiger partial charge in [-0.25, -0.2) is 4.98 Å². The van der Waals surface area contributed by atoms with Gasteiger partial charge in [-0.1, -0.05) is 0 Å². The molecule has 3 heterocycles. The quantitative estimate of drug-likeness (QED) is 0.829. The Balaban J connectivity index is 1.88. The van der Waals surface area contributed by atoms with Gasteiger partial charge in [0.2, 0.25) is 0 Å². The normalized spacial score (nSPS) is 26.5. The molecule has 1 aromatic heterocycles. The fraction of sp³-hybridized carbons (Fsp3) is 0.625. The van der Waals surface area contributed by atoms with Crippen LogP contribution in [-0.4, -0.2) is 30.8 Å². The minimum absolute atomic E-state index is 0.483. The van der Waals surface area contributed by atoms with Gasteiger partial charge in [0.15, 0.2) is 0 Å². The van der Waals surface area contributed by atoms with E-state index in [-0.39, 0.29) is 0 Å². The molecule has 3 rings (SSSR count). The van der Waals surface area contributed by atoms with E-state index in [0.29, 0.717) is 17.5 Å². The zero-order valence-corrected chi connectivity index (χ0v) is 12.0. The predicted octanol–water partition coefficient (Wildman–Crippen LogP) is 2.66. The summed E-state index contributed by atoms with van der Waals surface area (Å²) < 4.78 is 5.65. The number of aromatic nitrogens is 1. The van der Waals surface area contributed by atoms with Crippen molar-refractivity contribution in [3.05, 3.63) is 23.4 Å². The Hall–Kier alpha value is -1.60. The highest BCUT2D eigenvalue weighted by Gasteiger charge is 2.34. The fourth-order valence-corrected chi connectivity index (χ4v) is 3.46. The molecule has 0 spiro atoms. The summed E-state index contributed by atoms with van der Waals surface area (Å²) in [4.78, 5) is 6.99. The largest absolute Gasteiger partial charge is 0.381 e. The predicted molar refractivity (Wildman–Crippen MR) is 77.6 cm³/mol. The topological polar surface area (TPSA) is 49.2 Å². The molecular weight excluding hydrogens is 250 g/mol. The Kier molecular flexibility index (Phi) is 3.88. The van der Waals surface area contributed by atoms with Crippen molar-refractivity contribution in [3.63, 3.8) is 0 Å². The van der Waals surface area contributed by atoms with Gasteiger partial charge in [0.25, 0.3) is 0 Å². The van der Waals surface area contributed by atoms with Crippen molar-refractivity contribution in [1.82, 2.24) is 4.98 Å². The van der Waals surface area contributed by atoms with Gasteiger partial charge in [-0.15, -0.1) is 0 Å². The van der Waals surface area contributed by atoms with Crippen molar-refractivity contribution in [2.75, 3.05) is 24.7 Å². The molecule has 2 fully saturated rings. The first-order chi connectivity index (χ1) is 9.79. The Morgan fingerprint density at radius 1 is 1.35 bits per heavy atom. The molecule has 0 bridgehead atoms. The summed E-state index contributed by atoms with van der Waals surface area (Å²) in [6.07, 6.45) is 4.76. The lowest BCUT2D eigenvalue weighted by Crippen LogP contribution is -2.40. The Morgan fingerprint density at radius 3 is 3.00 bits per heavy atom. The Bertz CT molecular complexity index is 517. The lowest BCUT2D eigenvalue weighted by atomic mass is 9.92. The van der Waals surface area contributed by atoms with E-state index in [0.717, 1.165) is 37.7 Å². The molecule has 106 valence electrons. The number of ether oxygens (including phenoxy) is 1. The molecule has 2 aliphatic heterocycles. The van der Waals surface area contributed by atoms with Gasteiger partial charge in [0.05, 0.1) is 12.2 Å². The zero-order chi connectivity index (χ0) is 13.9. The first-order valence-electron chi connectivity index (χ1n) is 7.51. The van der Waals surface area contributed by atoms with Crippen molar-refractivity contribution in [3.8, 4) is 6.07 Å². The van der Waals surface area contributed by atoms with Gasteiger partial charge in [-0.3, -0.25) is 0 Å². The minimum atomic E-state index is 0.483. The van der Waals surface area contributed by atoms with E-state index < -0.39 is 0 Å². The third kappa shape index (κ3) is 2.51. The average Bonchev–Trinajstić information content (AvgIpc) is 2.97. The molecule has 4 heteroatoms. The second kappa shape index (κ2) is 5.80. The highest BCUT2D eigenvalue weighted by Crippen LogP contribution is 2.33. The van der Waals surface area contributed by atoms with Crippen molar-refractivity contribution in [1.29, 1.82) is 5.26 Å². The maximum atomic E-state index is 9.32.